The molecule has 1 aromatic heterocycles. The van der Waals surface area contributed by atoms with Crippen molar-refractivity contribution in [3.05, 3.63) is 35.3 Å². The second-order valence-corrected chi connectivity index (χ2v) is 6.76. The molecule has 0 aliphatic carbocycles. The minimum atomic E-state index is -0.127. The van der Waals surface area contributed by atoms with E-state index in [0.29, 0.717) is 13.0 Å². The number of hydrogen-bond donors (Lipinski definition) is 1. The Labute approximate surface area is 151 Å². The van der Waals surface area contributed by atoms with E-state index in [9.17, 15) is 4.79 Å². The molecule has 3 rings (SSSR count). The standard InChI is InChI=1S/C18H23N3O3S/c1-23-14-5-6-16(24-2)13(12-14)7-8-19-17(22)15-4-3-10-21(15)18-20-9-11-25-18/h5-6,9,11-12,15H,3-4,7-8,10H2,1-2H3,(H,19,22). The summed E-state index contributed by atoms with van der Waals surface area (Å²) in [6.45, 7) is 1.44. The third-order valence-corrected chi connectivity index (χ3v) is 5.21. The van der Waals surface area contributed by atoms with E-state index in [-0.39, 0.29) is 11.9 Å². The quantitative estimate of drug-likeness (QED) is 0.821. The fourth-order valence-corrected chi connectivity index (χ4v) is 3.86. The first-order valence-corrected chi connectivity index (χ1v) is 9.25. The fraction of sp³-hybridized carbons (Fsp3) is 0.444. The molecule has 7 heteroatoms. The number of nitrogens with zero attached hydrogens (tertiary/aromatic N) is 2. The second kappa shape index (κ2) is 8.20. The molecular weight excluding hydrogens is 338 g/mol. The van der Waals surface area contributed by atoms with Gasteiger partial charge in [0.15, 0.2) is 5.13 Å². The number of carbonyl (C=O) groups excluding carboxylic acids is 1. The molecule has 1 saturated heterocycles. The van der Waals surface area contributed by atoms with Gasteiger partial charge in [-0.05, 0) is 43.0 Å². The molecule has 1 aromatic carbocycles. The van der Waals surface area contributed by atoms with E-state index < -0.39 is 0 Å². The summed E-state index contributed by atoms with van der Waals surface area (Å²) >= 11 is 1.58. The predicted molar refractivity (Wildman–Crippen MR) is 98.7 cm³/mol. The molecule has 1 fully saturated rings. The first-order chi connectivity index (χ1) is 12.2. The number of hydrogen-bond acceptors (Lipinski definition) is 6. The average molecular weight is 361 g/mol. The molecule has 6 nitrogen and oxygen atoms in total. The number of benzene rings is 1. The molecule has 1 atom stereocenters. The van der Waals surface area contributed by atoms with Crippen molar-refractivity contribution in [1.29, 1.82) is 0 Å². The molecule has 1 aliphatic heterocycles. The van der Waals surface area contributed by atoms with Crippen LogP contribution in [0.1, 0.15) is 18.4 Å². The molecule has 1 aliphatic rings. The van der Waals surface area contributed by atoms with Gasteiger partial charge in [-0.15, -0.1) is 11.3 Å². The van der Waals surface area contributed by atoms with E-state index in [4.69, 9.17) is 9.47 Å². The van der Waals surface area contributed by atoms with Gasteiger partial charge >= 0.3 is 0 Å². The summed E-state index contributed by atoms with van der Waals surface area (Å²) in [7, 11) is 3.29. The number of carbonyl (C=O) groups is 1. The molecule has 0 radical (unpaired) electrons. The van der Waals surface area contributed by atoms with Crippen molar-refractivity contribution in [2.24, 2.45) is 0 Å². The summed E-state index contributed by atoms with van der Waals surface area (Å²) < 4.78 is 10.6. The van der Waals surface area contributed by atoms with Crippen molar-refractivity contribution >= 4 is 22.4 Å². The summed E-state index contributed by atoms with van der Waals surface area (Å²) in [6.07, 6.45) is 4.35. The normalized spacial score (nSPS) is 16.7. The number of ether oxygens (including phenoxy) is 2. The Hall–Kier alpha value is -2.28. The Morgan fingerprint density at radius 3 is 3.00 bits per heavy atom. The topological polar surface area (TPSA) is 63.7 Å². The van der Waals surface area contributed by atoms with Crippen LogP contribution >= 0.6 is 11.3 Å². The van der Waals surface area contributed by atoms with Gasteiger partial charge in [-0.1, -0.05) is 0 Å². The molecule has 25 heavy (non-hydrogen) atoms. The second-order valence-electron chi connectivity index (χ2n) is 5.88. The van der Waals surface area contributed by atoms with Crippen LogP contribution in [0, 0.1) is 0 Å². The molecule has 1 N–H and O–H groups in total. The molecule has 2 heterocycles. The van der Waals surface area contributed by atoms with Crippen molar-refractivity contribution in [3.63, 3.8) is 0 Å². The zero-order valence-corrected chi connectivity index (χ0v) is 15.3. The lowest BCUT2D eigenvalue weighted by atomic mass is 10.1. The monoisotopic (exact) mass is 361 g/mol. The minimum Gasteiger partial charge on any atom is -0.497 e. The molecule has 2 aromatic rings. The third-order valence-electron chi connectivity index (χ3n) is 4.40. The van der Waals surface area contributed by atoms with E-state index in [1.54, 1.807) is 31.8 Å². The summed E-state index contributed by atoms with van der Waals surface area (Å²) in [4.78, 5) is 19.0. The van der Waals surface area contributed by atoms with Crippen LogP contribution in [0.3, 0.4) is 0 Å². The lowest BCUT2D eigenvalue weighted by Gasteiger charge is -2.23. The largest absolute Gasteiger partial charge is 0.497 e. The van der Waals surface area contributed by atoms with E-state index in [1.165, 1.54) is 0 Å². The minimum absolute atomic E-state index is 0.0644. The number of methoxy groups -OCH3 is 2. The maximum absolute atomic E-state index is 12.6. The van der Waals surface area contributed by atoms with Crippen molar-refractivity contribution in [2.45, 2.75) is 25.3 Å². The Morgan fingerprint density at radius 1 is 1.40 bits per heavy atom. The summed E-state index contributed by atoms with van der Waals surface area (Å²) in [5.74, 6) is 1.66. The molecule has 0 saturated carbocycles. The van der Waals surface area contributed by atoms with Crippen molar-refractivity contribution in [2.75, 3.05) is 32.2 Å². The first kappa shape index (κ1) is 17.5. The van der Waals surface area contributed by atoms with Crippen LogP contribution in [0.2, 0.25) is 0 Å². The molecule has 0 bridgehead atoms. The van der Waals surface area contributed by atoms with E-state index >= 15 is 0 Å². The maximum atomic E-state index is 12.6. The van der Waals surface area contributed by atoms with Gasteiger partial charge in [0.1, 0.15) is 17.5 Å². The SMILES string of the molecule is COc1ccc(OC)c(CCNC(=O)C2CCCN2c2nccs2)c1. The predicted octanol–water partition coefficient (Wildman–Crippen LogP) is 2.49. The highest BCUT2D eigenvalue weighted by Gasteiger charge is 2.31. The van der Waals surface area contributed by atoms with E-state index in [0.717, 1.165) is 41.6 Å². The Morgan fingerprint density at radius 2 is 2.28 bits per heavy atom. The average Bonchev–Trinajstić information content (AvgIpc) is 3.32. The van der Waals surface area contributed by atoms with Crippen LogP contribution in [-0.4, -0.2) is 44.2 Å². The Bertz CT molecular complexity index is 706. The Kier molecular flexibility index (Phi) is 5.75. The molecule has 1 amide bonds. The molecular formula is C18H23N3O3S. The number of nitrogens with one attached hydrogen (secondary N) is 1. The van der Waals surface area contributed by atoms with Gasteiger partial charge in [-0.25, -0.2) is 4.98 Å². The van der Waals surface area contributed by atoms with E-state index in [2.05, 4.69) is 15.2 Å². The van der Waals surface area contributed by atoms with Crippen molar-refractivity contribution in [1.82, 2.24) is 10.3 Å². The van der Waals surface area contributed by atoms with Gasteiger partial charge in [0.05, 0.1) is 14.2 Å². The van der Waals surface area contributed by atoms with Gasteiger partial charge < -0.3 is 19.7 Å². The highest BCUT2D eigenvalue weighted by atomic mass is 32.1. The van der Waals surface area contributed by atoms with E-state index in [1.807, 2.05) is 23.6 Å². The van der Waals surface area contributed by atoms with Crippen LogP contribution in [0.25, 0.3) is 0 Å². The zero-order valence-electron chi connectivity index (χ0n) is 14.5. The zero-order chi connectivity index (χ0) is 17.6. The Balaban J connectivity index is 1.58. The lowest BCUT2D eigenvalue weighted by molar-refractivity contribution is -0.122. The number of rotatable bonds is 7. The first-order valence-electron chi connectivity index (χ1n) is 8.37. The van der Waals surface area contributed by atoms with Gasteiger partial charge in [0.25, 0.3) is 0 Å². The smallest absolute Gasteiger partial charge is 0.242 e. The highest BCUT2D eigenvalue weighted by Crippen LogP contribution is 2.27. The van der Waals surface area contributed by atoms with Crippen molar-refractivity contribution in [3.8, 4) is 11.5 Å². The highest BCUT2D eigenvalue weighted by molar-refractivity contribution is 7.13. The van der Waals surface area contributed by atoms with Crippen molar-refractivity contribution < 1.29 is 14.3 Å². The number of amides is 1. The van der Waals surface area contributed by atoms with Crippen LogP contribution in [0.4, 0.5) is 5.13 Å². The molecule has 1 unspecified atom stereocenters. The van der Waals surface area contributed by atoms with Crippen LogP contribution in [0.15, 0.2) is 29.8 Å². The summed E-state index contributed by atoms with van der Waals surface area (Å²) in [5, 5.41) is 5.92. The van der Waals surface area contributed by atoms with Gasteiger partial charge in [-0.2, -0.15) is 0 Å². The third kappa shape index (κ3) is 4.04. The fourth-order valence-electron chi connectivity index (χ4n) is 3.14. The van der Waals surface area contributed by atoms with Gasteiger partial charge in [0.2, 0.25) is 5.91 Å². The van der Waals surface area contributed by atoms with Crippen LogP contribution in [-0.2, 0) is 11.2 Å². The van der Waals surface area contributed by atoms with Crippen LogP contribution in [0.5, 0.6) is 11.5 Å². The van der Waals surface area contributed by atoms with Gasteiger partial charge in [0, 0.05) is 24.7 Å². The lowest BCUT2D eigenvalue weighted by Crippen LogP contribution is -2.44. The number of thiazole rings is 1. The summed E-state index contributed by atoms with van der Waals surface area (Å²) in [6, 6.07) is 5.57. The molecule has 0 spiro atoms. The number of aromatic nitrogens is 1. The van der Waals surface area contributed by atoms with Gasteiger partial charge in [-0.3, -0.25) is 4.79 Å². The number of anilines is 1. The molecule has 134 valence electrons. The summed E-state index contributed by atoms with van der Waals surface area (Å²) in [5.41, 5.74) is 1.02. The van der Waals surface area contributed by atoms with Crippen LogP contribution < -0.4 is 19.7 Å². The maximum Gasteiger partial charge on any atom is 0.242 e.